The Morgan fingerprint density at radius 3 is 2.79 bits per heavy atom. The molecule has 0 spiro atoms. The fourth-order valence-corrected chi connectivity index (χ4v) is 1.85. The molecule has 0 bridgehead atoms. The minimum absolute atomic E-state index is 0.156. The summed E-state index contributed by atoms with van der Waals surface area (Å²) in [7, 11) is 0. The van der Waals surface area contributed by atoms with E-state index in [1.807, 2.05) is 0 Å². The third-order valence-corrected chi connectivity index (χ3v) is 2.83. The third-order valence-electron chi connectivity index (χ3n) is 2.83. The highest BCUT2D eigenvalue weighted by Crippen LogP contribution is 2.34. The maximum atomic E-state index is 11.5. The number of benzene rings is 1. The van der Waals surface area contributed by atoms with Crippen molar-refractivity contribution in [2.24, 2.45) is 0 Å². The second-order valence-electron chi connectivity index (χ2n) is 4.18. The van der Waals surface area contributed by atoms with E-state index in [0.717, 1.165) is 0 Å². The van der Waals surface area contributed by atoms with Gasteiger partial charge in [-0.2, -0.15) is 0 Å². The Balaban J connectivity index is 2.21. The van der Waals surface area contributed by atoms with Crippen molar-refractivity contribution in [3.05, 3.63) is 23.8 Å². The van der Waals surface area contributed by atoms with Gasteiger partial charge in [-0.3, -0.25) is 9.59 Å². The second kappa shape index (κ2) is 5.60. The number of carbonyl (C=O) groups is 2. The Morgan fingerprint density at radius 1 is 1.37 bits per heavy atom. The van der Waals surface area contributed by atoms with Crippen LogP contribution in [0.4, 0.5) is 0 Å². The van der Waals surface area contributed by atoms with Gasteiger partial charge < -0.3 is 19.9 Å². The molecule has 19 heavy (non-hydrogen) atoms. The summed E-state index contributed by atoms with van der Waals surface area (Å²) in [5.74, 6) is 0.0290. The standard InChI is InChI=1S/C13H15NO5/c1-2-12(15)14-9(6-13(16)17)8-3-4-10-11(5-8)19-7-18-10/h3-5,9H,2,6-7H2,1H3,(H,14,15)(H,16,17)/t9-/m1/s1. The molecule has 0 radical (unpaired) electrons. The van der Waals surface area contributed by atoms with Gasteiger partial charge in [-0.15, -0.1) is 0 Å². The molecule has 2 N–H and O–H groups in total. The van der Waals surface area contributed by atoms with Gasteiger partial charge in [0.05, 0.1) is 12.5 Å². The van der Waals surface area contributed by atoms with Gasteiger partial charge in [-0.1, -0.05) is 13.0 Å². The Hall–Kier alpha value is -2.24. The molecule has 1 heterocycles. The monoisotopic (exact) mass is 265 g/mol. The number of carbonyl (C=O) groups excluding carboxylic acids is 1. The first-order chi connectivity index (χ1) is 9.10. The van der Waals surface area contributed by atoms with E-state index in [4.69, 9.17) is 14.6 Å². The van der Waals surface area contributed by atoms with Crippen LogP contribution in [-0.4, -0.2) is 23.8 Å². The zero-order valence-corrected chi connectivity index (χ0v) is 10.5. The summed E-state index contributed by atoms with van der Waals surface area (Å²) >= 11 is 0. The first-order valence-corrected chi connectivity index (χ1v) is 6.01. The van der Waals surface area contributed by atoms with Gasteiger partial charge in [-0.05, 0) is 17.7 Å². The van der Waals surface area contributed by atoms with Gasteiger partial charge in [0.2, 0.25) is 12.7 Å². The Kier molecular flexibility index (Phi) is 3.89. The molecule has 1 atom stereocenters. The molecule has 1 aromatic rings. The lowest BCUT2D eigenvalue weighted by Gasteiger charge is -2.17. The molecule has 6 heteroatoms. The van der Waals surface area contributed by atoms with Gasteiger partial charge >= 0.3 is 5.97 Å². The number of rotatable bonds is 5. The molecule has 0 saturated carbocycles. The van der Waals surface area contributed by atoms with E-state index in [2.05, 4.69) is 5.32 Å². The summed E-state index contributed by atoms with van der Waals surface area (Å²) < 4.78 is 10.4. The minimum Gasteiger partial charge on any atom is -0.481 e. The van der Waals surface area contributed by atoms with Crippen LogP contribution in [0.25, 0.3) is 0 Å². The highest BCUT2D eigenvalue weighted by atomic mass is 16.7. The normalized spacial score (nSPS) is 13.9. The number of carboxylic acids is 1. The maximum absolute atomic E-state index is 11.5. The number of hydrogen-bond donors (Lipinski definition) is 2. The predicted molar refractivity (Wildman–Crippen MR) is 66.0 cm³/mol. The van der Waals surface area contributed by atoms with Crippen molar-refractivity contribution in [3.63, 3.8) is 0 Å². The maximum Gasteiger partial charge on any atom is 0.305 e. The fraction of sp³-hybridized carbons (Fsp3) is 0.385. The summed E-state index contributed by atoms with van der Waals surface area (Å²) in [4.78, 5) is 22.3. The van der Waals surface area contributed by atoms with Gasteiger partial charge in [0.1, 0.15) is 0 Å². The number of aliphatic carboxylic acids is 1. The van der Waals surface area contributed by atoms with Gasteiger partial charge in [0.15, 0.2) is 11.5 Å². The van der Waals surface area contributed by atoms with Crippen LogP contribution in [0.15, 0.2) is 18.2 Å². The summed E-state index contributed by atoms with van der Waals surface area (Å²) in [6.45, 7) is 1.87. The molecule has 1 amide bonds. The number of ether oxygens (including phenoxy) is 2. The smallest absolute Gasteiger partial charge is 0.305 e. The van der Waals surface area contributed by atoms with Gasteiger partial charge in [-0.25, -0.2) is 0 Å². The molecule has 1 aromatic carbocycles. The van der Waals surface area contributed by atoms with Gasteiger partial charge in [0, 0.05) is 6.42 Å². The van der Waals surface area contributed by atoms with Gasteiger partial charge in [0.25, 0.3) is 0 Å². The second-order valence-corrected chi connectivity index (χ2v) is 4.18. The number of nitrogens with one attached hydrogen (secondary N) is 1. The SMILES string of the molecule is CCC(=O)N[C@H](CC(=O)O)c1ccc2c(c1)OCO2. The van der Waals surface area contributed by atoms with Crippen LogP contribution in [0.5, 0.6) is 11.5 Å². The zero-order chi connectivity index (χ0) is 13.8. The first kappa shape index (κ1) is 13.2. The van der Waals surface area contributed by atoms with E-state index in [1.165, 1.54) is 0 Å². The fourth-order valence-electron chi connectivity index (χ4n) is 1.85. The molecular formula is C13H15NO5. The lowest BCUT2D eigenvalue weighted by molar-refractivity contribution is -0.137. The predicted octanol–water partition coefficient (Wildman–Crippen LogP) is 1.46. The molecular weight excluding hydrogens is 250 g/mol. The molecule has 0 fully saturated rings. The van der Waals surface area contributed by atoms with Crippen molar-refractivity contribution in [2.75, 3.05) is 6.79 Å². The molecule has 2 rings (SSSR count). The summed E-state index contributed by atoms with van der Waals surface area (Å²) in [6.07, 6.45) is 0.131. The zero-order valence-electron chi connectivity index (χ0n) is 10.5. The van der Waals surface area contributed by atoms with Crippen molar-refractivity contribution in [2.45, 2.75) is 25.8 Å². The van der Waals surface area contributed by atoms with Crippen LogP contribution in [0.2, 0.25) is 0 Å². The van der Waals surface area contributed by atoms with Crippen LogP contribution in [0.1, 0.15) is 31.4 Å². The van der Waals surface area contributed by atoms with E-state index >= 15 is 0 Å². The average Bonchev–Trinajstić information content (AvgIpc) is 2.84. The lowest BCUT2D eigenvalue weighted by Crippen LogP contribution is -2.29. The van der Waals surface area contributed by atoms with Crippen LogP contribution in [-0.2, 0) is 9.59 Å². The van der Waals surface area contributed by atoms with E-state index in [1.54, 1.807) is 25.1 Å². The van der Waals surface area contributed by atoms with Crippen LogP contribution in [0, 0.1) is 0 Å². The van der Waals surface area contributed by atoms with Crippen LogP contribution < -0.4 is 14.8 Å². The number of carboxylic acid groups (broad SMARTS) is 1. The molecule has 102 valence electrons. The van der Waals surface area contributed by atoms with Crippen molar-refractivity contribution in [1.29, 1.82) is 0 Å². The average molecular weight is 265 g/mol. The Labute approximate surface area is 110 Å². The molecule has 0 aliphatic carbocycles. The molecule has 1 aliphatic rings. The van der Waals surface area contributed by atoms with Crippen molar-refractivity contribution in [3.8, 4) is 11.5 Å². The van der Waals surface area contributed by atoms with Crippen molar-refractivity contribution >= 4 is 11.9 Å². The Morgan fingerprint density at radius 2 is 2.11 bits per heavy atom. The van der Waals surface area contributed by atoms with E-state index in [-0.39, 0.29) is 19.1 Å². The summed E-state index contributed by atoms with van der Waals surface area (Å²) in [5.41, 5.74) is 0.688. The summed E-state index contributed by atoms with van der Waals surface area (Å²) in [6, 6.07) is 4.58. The van der Waals surface area contributed by atoms with E-state index in [0.29, 0.717) is 23.5 Å². The number of fused-ring (bicyclic) bond motifs is 1. The molecule has 1 aliphatic heterocycles. The molecule has 0 unspecified atom stereocenters. The third kappa shape index (κ3) is 3.15. The Bertz CT molecular complexity index is 500. The van der Waals surface area contributed by atoms with E-state index in [9.17, 15) is 9.59 Å². The van der Waals surface area contributed by atoms with Crippen LogP contribution in [0.3, 0.4) is 0 Å². The number of amides is 1. The summed E-state index contributed by atoms with van der Waals surface area (Å²) in [5, 5.41) is 11.6. The van der Waals surface area contributed by atoms with Crippen molar-refractivity contribution < 1.29 is 24.2 Å². The molecule has 0 aromatic heterocycles. The largest absolute Gasteiger partial charge is 0.481 e. The lowest BCUT2D eigenvalue weighted by atomic mass is 10.0. The molecule has 0 saturated heterocycles. The number of hydrogen-bond acceptors (Lipinski definition) is 4. The quantitative estimate of drug-likeness (QED) is 0.841. The highest BCUT2D eigenvalue weighted by molar-refractivity contribution is 5.77. The van der Waals surface area contributed by atoms with Crippen molar-refractivity contribution in [1.82, 2.24) is 5.32 Å². The highest BCUT2D eigenvalue weighted by Gasteiger charge is 2.21. The first-order valence-electron chi connectivity index (χ1n) is 6.01. The van der Waals surface area contributed by atoms with Crippen LogP contribution >= 0.6 is 0 Å². The topological polar surface area (TPSA) is 84.9 Å². The minimum atomic E-state index is -0.973. The van der Waals surface area contributed by atoms with E-state index < -0.39 is 12.0 Å². The molecule has 6 nitrogen and oxygen atoms in total.